The van der Waals surface area contributed by atoms with E-state index in [4.69, 9.17) is 11.6 Å². The lowest BCUT2D eigenvalue weighted by Crippen LogP contribution is -2.15. The smallest absolute Gasteiger partial charge is 0.271 e. The van der Waals surface area contributed by atoms with Crippen molar-refractivity contribution in [3.05, 3.63) is 53.6 Å². The van der Waals surface area contributed by atoms with Gasteiger partial charge in [-0.2, -0.15) is 0 Å². The Bertz CT molecular complexity index is 704. The van der Waals surface area contributed by atoms with E-state index in [2.05, 4.69) is 27.3 Å². The zero-order chi connectivity index (χ0) is 15.0. The third-order valence-electron chi connectivity index (χ3n) is 3.58. The quantitative estimate of drug-likeness (QED) is 0.554. The van der Waals surface area contributed by atoms with Gasteiger partial charge in [0, 0.05) is 17.0 Å². The number of nitro groups is 1. The van der Waals surface area contributed by atoms with E-state index in [1.807, 2.05) is 0 Å². The highest BCUT2D eigenvalue weighted by atomic mass is 79.9. The molecule has 0 saturated heterocycles. The van der Waals surface area contributed by atoms with E-state index in [-0.39, 0.29) is 11.7 Å². The van der Waals surface area contributed by atoms with Crippen LogP contribution in [0.4, 0.5) is 11.4 Å². The minimum absolute atomic E-state index is 0.00756. The van der Waals surface area contributed by atoms with Crippen molar-refractivity contribution in [1.29, 1.82) is 0 Å². The summed E-state index contributed by atoms with van der Waals surface area (Å²) in [5.74, 6) is 0. The largest absolute Gasteiger partial charge is 0.377 e. The first-order valence-corrected chi connectivity index (χ1v) is 8.52. The van der Waals surface area contributed by atoms with Crippen molar-refractivity contribution in [3.63, 3.8) is 0 Å². The van der Waals surface area contributed by atoms with E-state index in [1.54, 1.807) is 17.4 Å². The van der Waals surface area contributed by atoms with Gasteiger partial charge in [-0.1, -0.05) is 11.6 Å². The molecule has 7 heteroatoms. The molecule has 0 spiro atoms. The van der Waals surface area contributed by atoms with Gasteiger partial charge in [0.15, 0.2) is 0 Å². The van der Waals surface area contributed by atoms with Crippen LogP contribution in [0.2, 0.25) is 5.02 Å². The molecule has 0 radical (unpaired) electrons. The summed E-state index contributed by atoms with van der Waals surface area (Å²) in [6, 6.07) is 6.89. The van der Waals surface area contributed by atoms with Gasteiger partial charge in [0.1, 0.15) is 0 Å². The predicted molar refractivity (Wildman–Crippen MR) is 89.4 cm³/mol. The maximum atomic E-state index is 10.7. The highest BCUT2D eigenvalue weighted by Crippen LogP contribution is 2.40. The van der Waals surface area contributed by atoms with E-state index in [1.165, 1.54) is 22.6 Å². The van der Waals surface area contributed by atoms with Crippen LogP contribution in [-0.2, 0) is 6.42 Å². The van der Waals surface area contributed by atoms with Gasteiger partial charge >= 0.3 is 0 Å². The molecule has 21 heavy (non-hydrogen) atoms. The summed E-state index contributed by atoms with van der Waals surface area (Å²) in [5.41, 5.74) is 2.04. The van der Waals surface area contributed by atoms with Crippen molar-refractivity contribution < 1.29 is 4.92 Å². The molecule has 1 aliphatic rings. The fraction of sp³-hybridized carbons (Fsp3) is 0.286. The molecular weight excluding hydrogens is 376 g/mol. The number of halogens is 2. The van der Waals surface area contributed by atoms with Crippen LogP contribution in [0, 0.1) is 10.1 Å². The number of anilines is 1. The molecular formula is C14H12BrClN2O2S. The van der Waals surface area contributed by atoms with E-state index < -0.39 is 4.92 Å². The Kier molecular flexibility index (Phi) is 4.19. The van der Waals surface area contributed by atoms with Crippen molar-refractivity contribution in [2.45, 2.75) is 25.3 Å². The Balaban J connectivity index is 1.86. The second-order valence-corrected chi connectivity index (χ2v) is 7.86. The number of fused-ring (bicyclic) bond motifs is 1. The molecule has 0 saturated carbocycles. The van der Waals surface area contributed by atoms with Gasteiger partial charge in [-0.3, -0.25) is 10.1 Å². The molecule has 1 aromatic heterocycles. The highest BCUT2D eigenvalue weighted by molar-refractivity contribution is 9.11. The Morgan fingerprint density at radius 1 is 1.43 bits per heavy atom. The number of aryl methyl sites for hydroxylation is 1. The molecule has 1 heterocycles. The lowest BCUT2D eigenvalue weighted by atomic mass is 9.94. The van der Waals surface area contributed by atoms with Crippen LogP contribution < -0.4 is 5.32 Å². The summed E-state index contributed by atoms with van der Waals surface area (Å²) in [6.45, 7) is 0. The molecule has 110 valence electrons. The van der Waals surface area contributed by atoms with Crippen LogP contribution in [0.1, 0.15) is 29.3 Å². The summed E-state index contributed by atoms with van der Waals surface area (Å²) in [6.07, 6.45) is 3.27. The second kappa shape index (κ2) is 5.94. The first kappa shape index (κ1) is 14.8. The third-order valence-corrected chi connectivity index (χ3v) is 5.60. The van der Waals surface area contributed by atoms with Crippen LogP contribution in [0.25, 0.3) is 0 Å². The maximum absolute atomic E-state index is 10.7. The van der Waals surface area contributed by atoms with Gasteiger partial charge < -0.3 is 5.32 Å². The van der Waals surface area contributed by atoms with Crippen LogP contribution >= 0.6 is 38.9 Å². The molecule has 4 nitrogen and oxygen atoms in total. The van der Waals surface area contributed by atoms with Gasteiger partial charge in [-0.15, -0.1) is 11.3 Å². The van der Waals surface area contributed by atoms with Gasteiger partial charge in [-0.25, -0.2) is 0 Å². The molecule has 0 aliphatic heterocycles. The molecule has 3 rings (SSSR count). The number of benzene rings is 1. The lowest BCUT2D eigenvalue weighted by molar-refractivity contribution is -0.384. The van der Waals surface area contributed by atoms with Crippen LogP contribution in [-0.4, -0.2) is 4.92 Å². The predicted octanol–water partition coefficient (Wildman–Crippen LogP) is 5.56. The average Bonchev–Trinajstić information content (AvgIpc) is 2.82. The third kappa shape index (κ3) is 3.07. The molecule has 1 atom stereocenters. The highest BCUT2D eigenvalue weighted by Gasteiger charge is 2.23. The molecule has 0 bridgehead atoms. The average molecular weight is 388 g/mol. The number of rotatable bonds is 3. The normalized spacial score (nSPS) is 17.3. The number of thiophene rings is 1. The number of hydrogen-bond donors (Lipinski definition) is 1. The number of nitro benzene ring substituents is 1. The lowest BCUT2D eigenvalue weighted by Gasteiger charge is -2.25. The molecule has 0 fully saturated rings. The van der Waals surface area contributed by atoms with Crippen LogP contribution in [0.5, 0.6) is 0 Å². The number of nitrogens with zero attached hydrogens (tertiary/aromatic N) is 1. The molecule has 1 unspecified atom stereocenters. The molecule has 0 amide bonds. The van der Waals surface area contributed by atoms with Crippen molar-refractivity contribution >= 4 is 50.2 Å². The monoisotopic (exact) mass is 386 g/mol. The van der Waals surface area contributed by atoms with Gasteiger partial charge in [-0.05, 0) is 52.9 Å². The van der Waals surface area contributed by atoms with Gasteiger partial charge in [0.2, 0.25) is 0 Å². The zero-order valence-corrected chi connectivity index (χ0v) is 14.1. The number of non-ortho nitro benzene ring substituents is 1. The molecule has 2 aromatic rings. The summed E-state index contributed by atoms with van der Waals surface area (Å²) >= 11 is 11.5. The molecule has 1 aromatic carbocycles. The number of nitrogens with one attached hydrogen (secondary N) is 1. The first-order chi connectivity index (χ1) is 10.0. The standard InChI is InChI=1S/C14H12BrClN2O2S/c15-14-7-9-11(2-1-3-13(9)21-14)17-12-5-4-8(18(19)20)6-10(12)16/h4-7,11,17H,1-3H2. The van der Waals surface area contributed by atoms with E-state index in [9.17, 15) is 10.1 Å². The fourth-order valence-electron chi connectivity index (χ4n) is 2.59. The van der Waals surface area contributed by atoms with Crippen molar-refractivity contribution in [2.24, 2.45) is 0 Å². The summed E-state index contributed by atoms with van der Waals surface area (Å²) in [4.78, 5) is 11.7. The SMILES string of the molecule is O=[N+]([O-])c1ccc(NC2CCCc3sc(Br)cc32)c(Cl)c1. The number of hydrogen-bond acceptors (Lipinski definition) is 4. The van der Waals surface area contributed by atoms with Gasteiger partial charge in [0.25, 0.3) is 5.69 Å². The second-order valence-electron chi connectivity index (χ2n) is 4.94. The maximum Gasteiger partial charge on any atom is 0.271 e. The Morgan fingerprint density at radius 3 is 2.95 bits per heavy atom. The van der Waals surface area contributed by atoms with Crippen molar-refractivity contribution in [3.8, 4) is 0 Å². The van der Waals surface area contributed by atoms with E-state index in [0.29, 0.717) is 5.02 Å². The van der Waals surface area contributed by atoms with E-state index >= 15 is 0 Å². The Labute approximate surface area is 139 Å². The summed E-state index contributed by atoms with van der Waals surface area (Å²) in [7, 11) is 0. The Morgan fingerprint density at radius 2 is 2.24 bits per heavy atom. The Hall–Kier alpha value is -1.11. The van der Waals surface area contributed by atoms with E-state index in [0.717, 1.165) is 28.7 Å². The summed E-state index contributed by atoms with van der Waals surface area (Å²) < 4.78 is 1.14. The molecule has 1 aliphatic carbocycles. The first-order valence-electron chi connectivity index (χ1n) is 6.53. The van der Waals surface area contributed by atoms with Crippen molar-refractivity contribution in [2.75, 3.05) is 5.32 Å². The van der Waals surface area contributed by atoms with Gasteiger partial charge in [0.05, 0.1) is 25.5 Å². The van der Waals surface area contributed by atoms with Crippen LogP contribution in [0.15, 0.2) is 28.1 Å². The van der Waals surface area contributed by atoms with Crippen LogP contribution in [0.3, 0.4) is 0 Å². The zero-order valence-electron chi connectivity index (χ0n) is 10.9. The molecule has 1 N–H and O–H groups in total. The summed E-state index contributed by atoms with van der Waals surface area (Å²) in [5, 5.41) is 14.5. The minimum Gasteiger partial charge on any atom is -0.377 e. The topological polar surface area (TPSA) is 55.2 Å². The van der Waals surface area contributed by atoms with Crippen molar-refractivity contribution in [1.82, 2.24) is 0 Å². The minimum atomic E-state index is -0.440. The fourth-order valence-corrected chi connectivity index (χ4v) is 4.64.